The van der Waals surface area contributed by atoms with Crippen molar-refractivity contribution in [3.63, 3.8) is 0 Å². The minimum Gasteiger partial charge on any atom is -0.477 e. The molecule has 4 aromatic heterocycles. The van der Waals surface area contributed by atoms with E-state index in [0.29, 0.717) is 29.6 Å². The molecule has 11 nitrogen and oxygen atoms in total. The molecular weight excluding hydrogens is 537 g/mol. The fraction of sp³-hybridized carbons (Fsp3) is 0.400. The number of aryl methyl sites for hydroxylation is 1. The fourth-order valence-corrected chi connectivity index (χ4v) is 3.73. The van der Waals surface area contributed by atoms with Crippen LogP contribution in [0.4, 0.5) is 24.8 Å². The van der Waals surface area contributed by atoms with Crippen molar-refractivity contribution in [2.45, 2.75) is 46.3 Å². The van der Waals surface area contributed by atoms with E-state index >= 15 is 0 Å². The largest absolute Gasteiger partial charge is 0.490 e. The van der Waals surface area contributed by atoms with Crippen molar-refractivity contribution < 1.29 is 27.8 Å². The highest BCUT2D eigenvalue weighted by atomic mass is 79.9. The van der Waals surface area contributed by atoms with E-state index in [-0.39, 0.29) is 6.04 Å². The quantitative estimate of drug-likeness (QED) is 0.304. The Kier molecular flexibility index (Phi) is 7.77. The molecule has 0 saturated heterocycles. The van der Waals surface area contributed by atoms with E-state index in [2.05, 4.69) is 58.4 Å². The van der Waals surface area contributed by atoms with Gasteiger partial charge >= 0.3 is 12.1 Å². The Morgan fingerprint density at radius 2 is 2.00 bits per heavy atom. The van der Waals surface area contributed by atoms with E-state index in [9.17, 15) is 13.2 Å². The molecule has 0 saturated carbocycles. The highest BCUT2D eigenvalue weighted by Gasteiger charge is 2.38. The summed E-state index contributed by atoms with van der Waals surface area (Å²) in [5, 5.41) is 19.5. The van der Waals surface area contributed by atoms with Crippen molar-refractivity contribution in [2.75, 3.05) is 11.9 Å². The van der Waals surface area contributed by atoms with Crippen molar-refractivity contribution in [1.29, 1.82) is 0 Å². The number of H-pyrrole nitrogens is 1. The summed E-state index contributed by atoms with van der Waals surface area (Å²) >= 11 is 3.63. The molecule has 3 N–H and O–H groups in total. The molecule has 0 unspecified atom stereocenters. The third-order valence-corrected chi connectivity index (χ3v) is 5.44. The average Bonchev–Trinajstić information content (AvgIpc) is 3.34. The number of anilines is 2. The standard InChI is InChI=1S/C18H21BrN8O.C2HF3O2/c1-5-11-14(19)13-15(22-11)23-18(24-17(13)28-6-2)21-10-7-12-16(20-8-10)27(9(3)4)26-25-12;3-2(4,5)1(6)7/h7-9H,5-6H2,1-4H3,(H2,21,22,23,24);(H,6,7). The van der Waals surface area contributed by atoms with Crippen LogP contribution in [0, 0.1) is 0 Å². The number of hydrogen-bond donors (Lipinski definition) is 3. The summed E-state index contributed by atoms with van der Waals surface area (Å²) in [5.74, 6) is -1.81. The van der Waals surface area contributed by atoms with Gasteiger partial charge in [-0.2, -0.15) is 23.1 Å². The van der Waals surface area contributed by atoms with Gasteiger partial charge in [-0.05, 0) is 49.2 Å². The van der Waals surface area contributed by atoms with E-state index in [4.69, 9.17) is 14.6 Å². The van der Waals surface area contributed by atoms with Gasteiger partial charge in [0.1, 0.15) is 11.2 Å². The Balaban J connectivity index is 0.000000429. The zero-order valence-corrected chi connectivity index (χ0v) is 20.7. The first-order chi connectivity index (χ1) is 16.5. The summed E-state index contributed by atoms with van der Waals surface area (Å²) in [6.45, 7) is 8.60. The summed E-state index contributed by atoms with van der Waals surface area (Å²) in [4.78, 5) is 25.8. The number of carboxylic acid groups (broad SMARTS) is 1. The van der Waals surface area contributed by atoms with Crippen LogP contribution >= 0.6 is 15.9 Å². The van der Waals surface area contributed by atoms with Gasteiger partial charge in [-0.25, -0.2) is 14.5 Å². The number of nitrogens with zero attached hydrogens (tertiary/aromatic N) is 6. The van der Waals surface area contributed by atoms with Gasteiger partial charge in [0.25, 0.3) is 0 Å². The second-order valence-corrected chi connectivity index (χ2v) is 8.20. The second kappa shape index (κ2) is 10.4. The Hall–Kier alpha value is -3.49. The van der Waals surface area contributed by atoms with Crippen molar-refractivity contribution >= 4 is 55.7 Å². The lowest BCUT2D eigenvalue weighted by Gasteiger charge is -2.09. The van der Waals surface area contributed by atoms with E-state index in [0.717, 1.165) is 33.3 Å². The topological polar surface area (TPSA) is 144 Å². The third-order valence-electron chi connectivity index (χ3n) is 4.57. The number of rotatable bonds is 6. The minimum absolute atomic E-state index is 0.190. The molecule has 15 heteroatoms. The van der Waals surface area contributed by atoms with Crippen LogP contribution in [0.5, 0.6) is 5.88 Å². The summed E-state index contributed by atoms with van der Waals surface area (Å²) < 4.78 is 40.2. The molecule has 0 aliphatic carbocycles. The van der Waals surface area contributed by atoms with Crippen molar-refractivity contribution in [3.8, 4) is 5.88 Å². The van der Waals surface area contributed by atoms with Gasteiger partial charge in [-0.15, -0.1) is 5.10 Å². The zero-order chi connectivity index (χ0) is 25.9. The van der Waals surface area contributed by atoms with Gasteiger partial charge < -0.3 is 20.1 Å². The third kappa shape index (κ3) is 5.78. The van der Waals surface area contributed by atoms with Gasteiger partial charge in [0.15, 0.2) is 5.65 Å². The molecule has 0 aliphatic rings. The minimum atomic E-state index is -5.08. The number of aromatic nitrogens is 7. The number of carboxylic acids is 1. The van der Waals surface area contributed by atoms with Crippen LogP contribution in [0.15, 0.2) is 16.7 Å². The average molecular weight is 559 g/mol. The van der Waals surface area contributed by atoms with Crippen LogP contribution in [0.1, 0.15) is 39.4 Å². The molecule has 0 fully saturated rings. The number of halogens is 4. The zero-order valence-electron chi connectivity index (χ0n) is 19.1. The van der Waals surface area contributed by atoms with Gasteiger partial charge in [0.2, 0.25) is 11.8 Å². The highest BCUT2D eigenvalue weighted by molar-refractivity contribution is 9.10. The maximum absolute atomic E-state index is 10.6. The molecular formula is C20H22BrF3N8O3. The number of nitrogens with one attached hydrogen (secondary N) is 2. The SMILES string of the molecule is CCOc1nc(Nc2cnc3c(c2)nnn3C(C)C)nc2[nH]c(CC)c(Br)c12.O=C(O)C(F)(F)F. The molecule has 0 radical (unpaired) electrons. The molecule has 0 bridgehead atoms. The Morgan fingerprint density at radius 3 is 2.57 bits per heavy atom. The Morgan fingerprint density at radius 1 is 1.31 bits per heavy atom. The monoisotopic (exact) mass is 558 g/mol. The van der Waals surface area contributed by atoms with Crippen molar-refractivity contribution in [2.24, 2.45) is 0 Å². The Labute approximate surface area is 205 Å². The molecule has 35 heavy (non-hydrogen) atoms. The van der Waals surface area contributed by atoms with Crippen LogP contribution < -0.4 is 10.1 Å². The molecule has 0 spiro atoms. The molecule has 188 valence electrons. The second-order valence-electron chi connectivity index (χ2n) is 7.40. The van der Waals surface area contributed by atoms with Gasteiger partial charge in [0, 0.05) is 5.69 Å². The lowest BCUT2D eigenvalue weighted by molar-refractivity contribution is -0.192. The normalized spacial score (nSPS) is 11.6. The maximum atomic E-state index is 10.6. The van der Waals surface area contributed by atoms with Crippen LogP contribution in [0.2, 0.25) is 0 Å². The van der Waals surface area contributed by atoms with Crippen LogP contribution in [0.3, 0.4) is 0 Å². The van der Waals surface area contributed by atoms with E-state index < -0.39 is 12.1 Å². The number of pyridine rings is 1. The number of aliphatic carboxylic acids is 1. The highest BCUT2D eigenvalue weighted by Crippen LogP contribution is 2.34. The molecule has 0 atom stereocenters. The summed E-state index contributed by atoms with van der Waals surface area (Å²) in [7, 11) is 0. The number of fused-ring (bicyclic) bond motifs is 2. The smallest absolute Gasteiger partial charge is 0.477 e. The van der Waals surface area contributed by atoms with Crippen molar-refractivity contribution in [1.82, 2.24) is 34.9 Å². The number of ether oxygens (including phenoxy) is 1. The van der Waals surface area contributed by atoms with E-state index in [1.807, 2.05) is 26.8 Å². The van der Waals surface area contributed by atoms with Crippen molar-refractivity contribution in [3.05, 3.63) is 22.4 Å². The molecule has 4 heterocycles. The lowest BCUT2D eigenvalue weighted by atomic mass is 10.3. The number of alkyl halides is 3. The van der Waals surface area contributed by atoms with Gasteiger partial charge in [0.05, 0.1) is 34.4 Å². The van der Waals surface area contributed by atoms with E-state index in [1.165, 1.54) is 0 Å². The lowest BCUT2D eigenvalue weighted by Crippen LogP contribution is -2.21. The number of aromatic amines is 1. The molecule has 0 amide bonds. The number of hydrogen-bond acceptors (Lipinski definition) is 8. The van der Waals surface area contributed by atoms with Crippen LogP contribution in [0.25, 0.3) is 22.2 Å². The van der Waals surface area contributed by atoms with Gasteiger partial charge in [-0.1, -0.05) is 12.1 Å². The van der Waals surface area contributed by atoms with Crippen LogP contribution in [-0.4, -0.2) is 58.8 Å². The van der Waals surface area contributed by atoms with E-state index in [1.54, 1.807) is 10.9 Å². The first-order valence-electron chi connectivity index (χ1n) is 10.4. The first-order valence-corrected chi connectivity index (χ1v) is 11.2. The predicted molar refractivity (Wildman–Crippen MR) is 125 cm³/mol. The molecule has 4 rings (SSSR count). The summed E-state index contributed by atoms with van der Waals surface area (Å²) in [6, 6.07) is 2.07. The maximum Gasteiger partial charge on any atom is 0.490 e. The molecule has 0 aliphatic heterocycles. The Bertz CT molecular complexity index is 1350. The molecule has 0 aromatic carbocycles. The number of carbonyl (C=O) groups is 1. The molecule has 4 aromatic rings. The fourth-order valence-electron chi connectivity index (χ4n) is 3.00. The summed E-state index contributed by atoms with van der Waals surface area (Å²) in [6.07, 6.45) is -2.52. The predicted octanol–water partition coefficient (Wildman–Crippen LogP) is 4.78. The summed E-state index contributed by atoms with van der Waals surface area (Å²) in [5.41, 5.74) is 3.94. The van der Waals surface area contributed by atoms with Crippen LogP contribution in [-0.2, 0) is 11.2 Å². The van der Waals surface area contributed by atoms with Gasteiger partial charge in [-0.3, -0.25) is 0 Å². The first kappa shape index (κ1) is 26.1.